The van der Waals surface area contributed by atoms with Gasteiger partial charge in [0.15, 0.2) is 36.1 Å². The standard InChI is InChI=1S/C20H27NO9.2C8H16O3S/c1-10-18(22)16(9-17(28-6)29-10)30-20(24)12-7-14(26-4)15(27-5)8-13(12)21-19(23)11(2)25-3;2*1-5-8(12-3)6(9)4-7(10-2)11-5/h7-8,10,16-18,22H,2,9H2,1,3-6H3,(H,21,23);2*5-9H,4H2,1-3H3/t10-,16-,17?,18+;5-,6+,7+,8-;5-,6+,7-,8-/m000/s1. The maximum absolute atomic E-state index is 13.0. The van der Waals surface area contributed by atoms with Gasteiger partial charge in [0.2, 0.25) is 0 Å². The number of aliphatic hydroxyl groups is 3. The van der Waals surface area contributed by atoms with Crippen molar-refractivity contribution in [2.45, 2.75) is 112 Å². The first-order valence-corrected chi connectivity index (χ1v) is 19.9. The number of methoxy groups -OCH3 is 6. The number of carbonyl (C=O) groups excluding carboxylic acids is 2. The number of rotatable bonds is 12. The van der Waals surface area contributed by atoms with E-state index in [1.54, 1.807) is 44.7 Å². The molecule has 0 radical (unpaired) electrons. The van der Waals surface area contributed by atoms with Crippen molar-refractivity contribution in [3.63, 3.8) is 0 Å². The molecule has 3 aliphatic rings. The molecule has 4 N–H and O–H groups in total. The zero-order valence-corrected chi connectivity index (χ0v) is 34.6. The molecule has 0 aromatic heterocycles. The fourth-order valence-electron chi connectivity index (χ4n) is 5.95. The molecule has 3 saturated heterocycles. The SMILES string of the molecule is C=C(OC)C(=O)Nc1cc(OC)c(OC)cc1C(=O)O[C@H]1CC(OC)O[C@@H](C)[C@H]1O.CO[C@@H]1C[C@@H](O)[C@@H](SC)[C@H](C)O1.CO[C@H]1C[C@@H](O)[C@@H](SC)[C@H](C)O1. The van der Waals surface area contributed by atoms with Crippen LogP contribution in [0.2, 0.25) is 0 Å². The Morgan fingerprint density at radius 3 is 1.59 bits per heavy atom. The number of hydrogen-bond donors (Lipinski definition) is 4. The van der Waals surface area contributed by atoms with Crippen molar-refractivity contribution >= 4 is 41.1 Å². The van der Waals surface area contributed by atoms with Gasteiger partial charge in [0.05, 0.1) is 73.6 Å². The molecular weight excluding hydrogens is 751 g/mol. The molecule has 18 heteroatoms. The number of aliphatic hydroxyl groups excluding tert-OH is 3. The van der Waals surface area contributed by atoms with Crippen molar-refractivity contribution in [1.29, 1.82) is 0 Å². The summed E-state index contributed by atoms with van der Waals surface area (Å²) in [5.41, 5.74) is 0.0870. The molecule has 0 bridgehead atoms. The quantitative estimate of drug-likeness (QED) is 0.136. The van der Waals surface area contributed by atoms with E-state index in [0.717, 1.165) is 0 Å². The molecule has 4 rings (SSSR count). The molecule has 3 aliphatic heterocycles. The molecule has 3 fully saturated rings. The summed E-state index contributed by atoms with van der Waals surface area (Å²) in [5.74, 6) is -1.06. The van der Waals surface area contributed by atoms with E-state index in [2.05, 4.69) is 11.9 Å². The molecule has 1 unspecified atom stereocenters. The zero-order chi connectivity index (χ0) is 40.7. The minimum Gasteiger partial charge on any atom is -0.493 e. The highest BCUT2D eigenvalue weighted by Crippen LogP contribution is 2.35. The van der Waals surface area contributed by atoms with E-state index in [9.17, 15) is 24.9 Å². The van der Waals surface area contributed by atoms with Gasteiger partial charge in [0, 0.05) is 52.7 Å². The molecule has 1 aromatic rings. The van der Waals surface area contributed by atoms with Crippen LogP contribution in [0.25, 0.3) is 0 Å². The number of hydrogen-bond acceptors (Lipinski definition) is 17. The van der Waals surface area contributed by atoms with Crippen molar-refractivity contribution in [1.82, 2.24) is 0 Å². The van der Waals surface area contributed by atoms with Crippen LogP contribution >= 0.6 is 23.5 Å². The summed E-state index contributed by atoms with van der Waals surface area (Å²) in [4.78, 5) is 25.2. The van der Waals surface area contributed by atoms with E-state index in [1.807, 2.05) is 26.4 Å². The van der Waals surface area contributed by atoms with E-state index in [1.165, 1.54) is 40.6 Å². The van der Waals surface area contributed by atoms with Crippen molar-refractivity contribution < 1.29 is 72.3 Å². The van der Waals surface area contributed by atoms with Gasteiger partial charge in [-0.2, -0.15) is 23.5 Å². The summed E-state index contributed by atoms with van der Waals surface area (Å²) in [6.07, 6.45) is 1.14. The number of ether oxygens (including phenoxy) is 10. The topological polar surface area (TPSA) is 199 Å². The molecule has 16 nitrogen and oxygen atoms in total. The molecule has 54 heavy (non-hydrogen) atoms. The van der Waals surface area contributed by atoms with Crippen LogP contribution in [0.3, 0.4) is 0 Å². The van der Waals surface area contributed by atoms with E-state index in [-0.39, 0.29) is 82.4 Å². The molecule has 1 aromatic carbocycles. The lowest BCUT2D eigenvalue weighted by atomic mass is 10.0. The highest BCUT2D eigenvalue weighted by atomic mass is 32.2. The molecule has 0 spiro atoms. The van der Waals surface area contributed by atoms with Crippen LogP contribution in [0.4, 0.5) is 5.69 Å². The number of benzene rings is 1. The summed E-state index contributed by atoms with van der Waals surface area (Å²) < 4.78 is 52.5. The summed E-state index contributed by atoms with van der Waals surface area (Å²) in [5, 5.41) is 32.6. The van der Waals surface area contributed by atoms with Crippen LogP contribution in [0, 0.1) is 0 Å². The Labute approximate surface area is 326 Å². The average Bonchev–Trinajstić information content (AvgIpc) is 3.15. The predicted molar refractivity (Wildman–Crippen MR) is 204 cm³/mol. The number of carbonyl (C=O) groups is 2. The van der Waals surface area contributed by atoms with Crippen LogP contribution < -0.4 is 14.8 Å². The first-order chi connectivity index (χ1) is 25.6. The maximum Gasteiger partial charge on any atom is 0.340 e. The van der Waals surface area contributed by atoms with Gasteiger partial charge in [0.25, 0.3) is 5.91 Å². The second-order valence-corrected chi connectivity index (χ2v) is 14.6. The summed E-state index contributed by atoms with van der Waals surface area (Å²) in [7, 11) is 8.78. The van der Waals surface area contributed by atoms with Gasteiger partial charge >= 0.3 is 5.97 Å². The lowest BCUT2D eigenvalue weighted by Gasteiger charge is -2.36. The molecule has 1 amide bonds. The number of nitrogens with one attached hydrogen (secondary N) is 1. The van der Waals surface area contributed by atoms with E-state index >= 15 is 0 Å². The van der Waals surface area contributed by atoms with Crippen molar-refractivity contribution in [3.8, 4) is 11.5 Å². The molecule has 3 heterocycles. The fraction of sp³-hybridized carbons (Fsp3) is 0.722. The monoisotopic (exact) mass is 809 g/mol. The van der Waals surface area contributed by atoms with Crippen LogP contribution in [0.5, 0.6) is 11.5 Å². The van der Waals surface area contributed by atoms with Crippen molar-refractivity contribution in [3.05, 3.63) is 30.0 Å². The summed E-state index contributed by atoms with van der Waals surface area (Å²) in [6.45, 7) is 9.07. The van der Waals surface area contributed by atoms with Gasteiger partial charge in [-0.1, -0.05) is 6.58 Å². The maximum atomic E-state index is 13.0. The van der Waals surface area contributed by atoms with Gasteiger partial charge in [-0.05, 0) is 33.3 Å². The summed E-state index contributed by atoms with van der Waals surface area (Å²) in [6, 6.07) is 2.78. The smallest absolute Gasteiger partial charge is 0.340 e. The zero-order valence-electron chi connectivity index (χ0n) is 33.0. The lowest BCUT2D eigenvalue weighted by molar-refractivity contribution is -0.236. The van der Waals surface area contributed by atoms with Crippen LogP contribution in [0.1, 0.15) is 50.4 Å². The second kappa shape index (κ2) is 23.6. The number of thioether (sulfide) groups is 2. The van der Waals surface area contributed by atoms with Gasteiger partial charge in [0.1, 0.15) is 12.2 Å². The molecule has 0 aliphatic carbocycles. The van der Waals surface area contributed by atoms with Gasteiger partial charge in [-0.25, -0.2) is 4.79 Å². The third kappa shape index (κ3) is 13.4. The lowest BCUT2D eigenvalue weighted by Crippen LogP contribution is -2.49. The van der Waals surface area contributed by atoms with Crippen molar-refractivity contribution in [2.24, 2.45) is 0 Å². The van der Waals surface area contributed by atoms with Gasteiger partial charge in [-0.3, -0.25) is 4.79 Å². The number of anilines is 1. The van der Waals surface area contributed by atoms with Crippen LogP contribution in [-0.4, -0.2) is 154 Å². The number of esters is 1. The van der Waals surface area contributed by atoms with Crippen molar-refractivity contribution in [2.75, 3.05) is 60.5 Å². The third-order valence-electron chi connectivity index (χ3n) is 9.02. The summed E-state index contributed by atoms with van der Waals surface area (Å²) >= 11 is 3.29. The Hall–Kier alpha value is -2.36. The third-order valence-corrected chi connectivity index (χ3v) is 11.5. The molecular formula is C36H59NO15S2. The van der Waals surface area contributed by atoms with E-state index < -0.39 is 36.5 Å². The molecule has 12 atom stereocenters. The first kappa shape index (κ1) is 47.8. The number of amides is 1. The highest BCUT2D eigenvalue weighted by molar-refractivity contribution is 7.99. The Morgan fingerprint density at radius 2 is 1.19 bits per heavy atom. The normalized spacial score (nSPS) is 32.0. The Morgan fingerprint density at radius 1 is 0.741 bits per heavy atom. The molecule has 310 valence electrons. The minimum atomic E-state index is -1.05. The predicted octanol–water partition coefficient (Wildman–Crippen LogP) is 3.19. The van der Waals surface area contributed by atoms with Crippen LogP contribution in [-0.2, 0) is 42.7 Å². The average molecular weight is 810 g/mol. The Kier molecular flexibility index (Phi) is 20.9. The van der Waals surface area contributed by atoms with E-state index in [4.69, 9.17) is 47.4 Å². The Balaban J connectivity index is 0.000000342. The fourth-order valence-corrected chi connectivity index (χ4v) is 7.69. The Bertz CT molecular complexity index is 1270. The van der Waals surface area contributed by atoms with Gasteiger partial charge < -0.3 is 68.0 Å². The minimum absolute atomic E-state index is 0.00906. The van der Waals surface area contributed by atoms with Crippen LogP contribution in [0.15, 0.2) is 24.5 Å². The van der Waals surface area contributed by atoms with E-state index in [0.29, 0.717) is 12.8 Å². The largest absolute Gasteiger partial charge is 0.493 e. The molecule has 0 saturated carbocycles. The highest BCUT2D eigenvalue weighted by Gasteiger charge is 2.39. The van der Waals surface area contributed by atoms with Gasteiger partial charge in [-0.15, -0.1) is 0 Å². The second-order valence-electron chi connectivity index (χ2n) is 12.5. The first-order valence-electron chi connectivity index (χ1n) is 17.3.